The molecule has 4 aromatic rings. The van der Waals surface area contributed by atoms with Gasteiger partial charge in [0.15, 0.2) is 5.82 Å². The lowest BCUT2D eigenvalue weighted by Crippen LogP contribution is -2.18. The van der Waals surface area contributed by atoms with Crippen molar-refractivity contribution in [2.24, 2.45) is 12.8 Å². The summed E-state index contributed by atoms with van der Waals surface area (Å²) in [6.45, 7) is 0.247. The number of nitrogens with zero attached hydrogens (tertiary/aromatic N) is 5. The number of ether oxygens (including phenoxy) is 1. The standard InChI is InChI=1S/C19H16F3N7O2/c1-28-15(19(20,21)22)8-16(27-28)26-18(30)29-5-4-11-6-13(2-3-14(11)29)31-17-7-12(9-23)24-10-25-17/h2-8,10H,9,23H2,1H3,(H,26,27,30). The molecule has 0 bridgehead atoms. The minimum absolute atomic E-state index is 0.207. The highest BCUT2D eigenvalue weighted by atomic mass is 19.4. The molecule has 160 valence electrons. The molecule has 12 heteroatoms. The lowest BCUT2D eigenvalue weighted by atomic mass is 10.2. The highest BCUT2D eigenvalue weighted by molar-refractivity contribution is 5.98. The van der Waals surface area contributed by atoms with Gasteiger partial charge in [0, 0.05) is 37.3 Å². The second kappa shape index (κ2) is 7.72. The van der Waals surface area contributed by atoms with E-state index in [2.05, 4.69) is 20.4 Å². The van der Waals surface area contributed by atoms with Crippen LogP contribution in [-0.2, 0) is 19.8 Å². The molecule has 0 unspecified atom stereocenters. The molecule has 0 spiro atoms. The van der Waals surface area contributed by atoms with Gasteiger partial charge in [0.25, 0.3) is 0 Å². The van der Waals surface area contributed by atoms with E-state index in [9.17, 15) is 18.0 Å². The van der Waals surface area contributed by atoms with Gasteiger partial charge in [0.1, 0.15) is 17.8 Å². The molecule has 0 atom stereocenters. The summed E-state index contributed by atoms with van der Waals surface area (Å²) in [5.41, 5.74) is 5.74. The van der Waals surface area contributed by atoms with Crippen LogP contribution in [0.15, 0.2) is 48.9 Å². The van der Waals surface area contributed by atoms with Crippen LogP contribution in [0.2, 0.25) is 0 Å². The predicted molar refractivity (Wildman–Crippen MR) is 105 cm³/mol. The van der Waals surface area contributed by atoms with Crippen LogP contribution in [0.1, 0.15) is 11.4 Å². The SMILES string of the molecule is Cn1nc(NC(=O)n2ccc3cc(Oc4cc(CN)ncn4)ccc32)cc1C(F)(F)F. The number of aromatic nitrogens is 5. The van der Waals surface area contributed by atoms with E-state index in [4.69, 9.17) is 10.5 Å². The average Bonchev–Trinajstić information content (AvgIpc) is 3.31. The zero-order valence-electron chi connectivity index (χ0n) is 16.1. The lowest BCUT2D eigenvalue weighted by Gasteiger charge is -2.07. The molecule has 0 saturated heterocycles. The van der Waals surface area contributed by atoms with Gasteiger partial charge in [-0.25, -0.2) is 14.8 Å². The van der Waals surface area contributed by atoms with E-state index in [0.717, 1.165) is 13.1 Å². The summed E-state index contributed by atoms with van der Waals surface area (Å²) >= 11 is 0. The van der Waals surface area contributed by atoms with E-state index in [1.807, 2.05) is 0 Å². The van der Waals surface area contributed by atoms with Crippen molar-refractivity contribution in [2.45, 2.75) is 12.7 Å². The molecule has 3 aromatic heterocycles. The fourth-order valence-electron chi connectivity index (χ4n) is 2.99. The Morgan fingerprint density at radius 2 is 2.00 bits per heavy atom. The Balaban J connectivity index is 1.54. The van der Waals surface area contributed by atoms with Crippen molar-refractivity contribution in [3.63, 3.8) is 0 Å². The van der Waals surface area contributed by atoms with Gasteiger partial charge in [-0.1, -0.05) is 0 Å². The second-order valence-electron chi connectivity index (χ2n) is 6.53. The first-order valence-corrected chi connectivity index (χ1v) is 8.97. The van der Waals surface area contributed by atoms with Gasteiger partial charge in [0.05, 0.1) is 11.2 Å². The summed E-state index contributed by atoms with van der Waals surface area (Å²) in [7, 11) is 1.15. The van der Waals surface area contributed by atoms with E-state index in [-0.39, 0.29) is 12.4 Å². The summed E-state index contributed by atoms with van der Waals surface area (Å²) in [4.78, 5) is 20.6. The number of aryl methyl sites for hydroxylation is 1. The van der Waals surface area contributed by atoms with Crippen molar-refractivity contribution in [2.75, 3.05) is 5.32 Å². The summed E-state index contributed by atoms with van der Waals surface area (Å²) in [5, 5.41) is 6.74. The molecule has 9 nitrogen and oxygen atoms in total. The van der Waals surface area contributed by atoms with Gasteiger partial charge >= 0.3 is 12.2 Å². The van der Waals surface area contributed by atoms with Crippen LogP contribution in [0.5, 0.6) is 11.6 Å². The summed E-state index contributed by atoms with van der Waals surface area (Å²) in [5.74, 6) is 0.593. The van der Waals surface area contributed by atoms with Crippen molar-refractivity contribution in [3.05, 3.63) is 60.3 Å². The van der Waals surface area contributed by atoms with E-state index in [0.29, 0.717) is 32.9 Å². The smallest absolute Gasteiger partial charge is 0.433 e. The molecule has 0 saturated carbocycles. The number of alkyl halides is 3. The van der Waals surface area contributed by atoms with Crippen LogP contribution in [0, 0.1) is 0 Å². The monoisotopic (exact) mass is 431 g/mol. The molecule has 4 rings (SSSR count). The fraction of sp³-hybridized carbons (Fsp3) is 0.158. The van der Waals surface area contributed by atoms with Crippen molar-refractivity contribution in [3.8, 4) is 11.6 Å². The number of amides is 1. The third-order valence-corrected chi connectivity index (χ3v) is 4.42. The van der Waals surface area contributed by atoms with Gasteiger partial charge < -0.3 is 10.5 Å². The molecule has 3 heterocycles. The number of carbonyl (C=O) groups is 1. The Morgan fingerprint density at radius 1 is 1.19 bits per heavy atom. The Morgan fingerprint density at radius 3 is 2.71 bits per heavy atom. The molecule has 31 heavy (non-hydrogen) atoms. The summed E-state index contributed by atoms with van der Waals surface area (Å²) < 4.78 is 46.4. The maximum atomic E-state index is 12.9. The highest BCUT2D eigenvalue weighted by Crippen LogP contribution is 2.30. The van der Waals surface area contributed by atoms with E-state index in [1.165, 1.54) is 17.1 Å². The Bertz CT molecular complexity index is 1260. The predicted octanol–water partition coefficient (Wildman–Crippen LogP) is 3.51. The van der Waals surface area contributed by atoms with Crippen molar-refractivity contribution >= 4 is 22.8 Å². The number of hydrogen-bond donors (Lipinski definition) is 2. The van der Waals surface area contributed by atoms with Crippen LogP contribution in [-0.4, -0.2) is 30.3 Å². The second-order valence-corrected chi connectivity index (χ2v) is 6.53. The van der Waals surface area contributed by atoms with Gasteiger partial charge in [-0.3, -0.25) is 14.6 Å². The van der Waals surface area contributed by atoms with Crippen molar-refractivity contribution < 1.29 is 22.7 Å². The minimum Gasteiger partial charge on any atom is -0.439 e. The maximum Gasteiger partial charge on any atom is 0.433 e. The van der Waals surface area contributed by atoms with E-state index >= 15 is 0 Å². The molecule has 0 aliphatic carbocycles. The Labute approximate surface area is 173 Å². The number of anilines is 1. The number of rotatable bonds is 4. The first-order chi connectivity index (χ1) is 14.7. The molecule has 1 amide bonds. The van der Waals surface area contributed by atoms with Crippen molar-refractivity contribution in [1.29, 1.82) is 0 Å². The number of fused-ring (bicyclic) bond motifs is 1. The number of halogens is 3. The topological polar surface area (TPSA) is 113 Å². The number of carbonyl (C=O) groups excluding carboxylic acids is 1. The lowest BCUT2D eigenvalue weighted by molar-refractivity contribution is -0.143. The molecule has 3 N–H and O–H groups in total. The molecule has 0 fully saturated rings. The molecular formula is C19H16F3N7O2. The summed E-state index contributed by atoms with van der Waals surface area (Å²) in [6.07, 6.45) is -1.73. The number of hydrogen-bond acceptors (Lipinski definition) is 6. The zero-order valence-corrected chi connectivity index (χ0v) is 16.1. The molecule has 0 radical (unpaired) electrons. The molecule has 1 aromatic carbocycles. The van der Waals surface area contributed by atoms with Gasteiger partial charge in [0.2, 0.25) is 5.88 Å². The van der Waals surface area contributed by atoms with Crippen LogP contribution >= 0.6 is 0 Å². The van der Waals surface area contributed by atoms with Gasteiger partial charge in [-0.2, -0.15) is 18.3 Å². The number of nitrogens with two attached hydrogens (primary N) is 1. The number of benzene rings is 1. The minimum atomic E-state index is -4.57. The quantitative estimate of drug-likeness (QED) is 0.511. The van der Waals surface area contributed by atoms with E-state index in [1.54, 1.807) is 30.3 Å². The van der Waals surface area contributed by atoms with Gasteiger partial charge in [-0.15, -0.1) is 0 Å². The zero-order chi connectivity index (χ0) is 22.2. The number of nitrogens with one attached hydrogen (secondary N) is 1. The van der Waals surface area contributed by atoms with Crippen LogP contribution in [0.3, 0.4) is 0 Å². The Kier molecular flexibility index (Phi) is 5.07. The third kappa shape index (κ3) is 4.19. The van der Waals surface area contributed by atoms with Crippen molar-refractivity contribution in [1.82, 2.24) is 24.3 Å². The first kappa shape index (κ1) is 20.3. The molecule has 0 aliphatic rings. The van der Waals surface area contributed by atoms with Crippen LogP contribution < -0.4 is 15.8 Å². The maximum absolute atomic E-state index is 12.9. The normalized spacial score (nSPS) is 11.6. The van der Waals surface area contributed by atoms with Crippen LogP contribution in [0.25, 0.3) is 10.9 Å². The Hall–Kier alpha value is -3.93. The largest absolute Gasteiger partial charge is 0.439 e. The summed E-state index contributed by atoms with van der Waals surface area (Å²) in [6, 6.07) is 8.39. The third-order valence-electron chi connectivity index (χ3n) is 4.42. The highest BCUT2D eigenvalue weighted by Gasteiger charge is 2.35. The first-order valence-electron chi connectivity index (χ1n) is 8.97. The van der Waals surface area contributed by atoms with Gasteiger partial charge in [-0.05, 0) is 24.3 Å². The average molecular weight is 431 g/mol. The molecular weight excluding hydrogens is 415 g/mol. The van der Waals surface area contributed by atoms with E-state index < -0.39 is 17.9 Å². The fourth-order valence-corrected chi connectivity index (χ4v) is 2.99. The van der Waals surface area contributed by atoms with Crippen LogP contribution in [0.4, 0.5) is 23.8 Å². The molecule has 0 aliphatic heterocycles.